The Kier molecular flexibility index (Phi) is 2.25. The van der Waals surface area contributed by atoms with Gasteiger partial charge in [0.25, 0.3) is 0 Å². The molecule has 3 nitrogen and oxygen atoms in total. The van der Waals surface area contributed by atoms with Crippen molar-refractivity contribution in [2.24, 2.45) is 5.73 Å². The molecule has 2 aromatic rings. The van der Waals surface area contributed by atoms with E-state index in [4.69, 9.17) is 5.73 Å². The Labute approximate surface area is 83.6 Å². The van der Waals surface area contributed by atoms with E-state index in [1.54, 1.807) is 0 Å². The maximum Gasteiger partial charge on any atom is 0.0960 e. The molecular formula is C11H15N3. The number of rotatable bonds is 2. The summed E-state index contributed by atoms with van der Waals surface area (Å²) in [6.07, 6.45) is 1.88. The molecule has 0 fully saturated rings. The molecule has 0 unspecified atom stereocenters. The molecular weight excluding hydrogens is 174 g/mol. The molecule has 0 amide bonds. The van der Waals surface area contributed by atoms with Crippen LogP contribution >= 0.6 is 0 Å². The van der Waals surface area contributed by atoms with Gasteiger partial charge in [-0.15, -0.1) is 0 Å². The van der Waals surface area contributed by atoms with Gasteiger partial charge in [-0.25, -0.2) is 4.98 Å². The SMILES string of the molecule is CC(C)n1cnc2c(CN)cccc21. The smallest absolute Gasteiger partial charge is 0.0960 e. The van der Waals surface area contributed by atoms with E-state index in [2.05, 4.69) is 29.5 Å². The van der Waals surface area contributed by atoms with Gasteiger partial charge in [-0.2, -0.15) is 0 Å². The van der Waals surface area contributed by atoms with Crippen molar-refractivity contribution in [3.8, 4) is 0 Å². The third-order valence-corrected chi connectivity index (χ3v) is 2.46. The fourth-order valence-corrected chi connectivity index (χ4v) is 1.69. The van der Waals surface area contributed by atoms with Crippen molar-refractivity contribution in [3.05, 3.63) is 30.1 Å². The van der Waals surface area contributed by atoms with Crippen LogP contribution in [-0.2, 0) is 6.54 Å². The highest BCUT2D eigenvalue weighted by Gasteiger charge is 2.07. The molecule has 1 aromatic heterocycles. The predicted octanol–water partition coefficient (Wildman–Crippen LogP) is 2.08. The molecule has 1 heterocycles. The number of para-hydroxylation sites is 1. The molecule has 0 saturated carbocycles. The molecule has 0 aliphatic heterocycles. The van der Waals surface area contributed by atoms with Gasteiger partial charge in [-0.1, -0.05) is 12.1 Å². The summed E-state index contributed by atoms with van der Waals surface area (Å²) in [5, 5.41) is 0. The van der Waals surface area contributed by atoms with Crippen LogP contribution in [0.15, 0.2) is 24.5 Å². The molecule has 0 atom stereocenters. The van der Waals surface area contributed by atoms with Crippen molar-refractivity contribution in [3.63, 3.8) is 0 Å². The molecule has 0 saturated heterocycles. The Morgan fingerprint density at radius 3 is 2.86 bits per heavy atom. The van der Waals surface area contributed by atoms with E-state index in [1.807, 2.05) is 18.5 Å². The normalized spacial score (nSPS) is 11.4. The molecule has 74 valence electrons. The van der Waals surface area contributed by atoms with Gasteiger partial charge in [-0.3, -0.25) is 0 Å². The maximum atomic E-state index is 5.65. The lowest BCUT2D eigenvalue weighted by atomic mass is 10.2. The minimum atomic E-state index is 0.438. The molecule has 1 aromatic carbocycles. The summed E-state index contributed by atoms with van der Waals surface area (Å²) in [5.74, 6) is 0. The van der Waals surface area contributed by atoms with Crippen molar-refractivity contribution < 1.29 is 0 Å². The molecule has 0 spiro atoms. The Bertz CT molecular complexity index is 443. The zero-order valence-electron chi connectivity index (χ0n) is 8.57. The highest BCUT2D eigenvalue weighted by atomic mass is 15.1. The summed E-state index contributed by atoms with van der Waals surface area (Å²) in [6.45, 7) is 4.85. The zero-order chi connectivity index (χ0) is 10.1. The first kappa shape index (κ1) is 9.21. The van der Waals surface area contributed by atoms with Gasteiger partial charge >= 0.3 is 0 Å². The maximum absolute atomic E-state index is 5.65. The highest BCUT2D eigenvalue weighted by molar-refractivity contribution is 5.79. The number of nitrogens with zero attached hydrogens (tertiary/aromatic N) is 2. The van der Waals surface area contributed by atoms with Crippen LogP contribution in [0.3, 0.4) is 0 Å². The average molecular weight is 189 g/mol. The number of imidazole rings is 1. The first-order valence-corrected chi connectivity index (χ1v) is 4.88. The van der Waals surface area contributed by atoms with Crippen molar-refractivity contribution in [1.29, 1.82) is 0 Å². The van der Waals surface area contributed by atoms with E-state index in [0.29, 0.717) is 12.6 Å². The lowest BCUT2D eigenvalue weighted by Gasteiger charge is -2.07. The molecule has 2 N–H and O–H groups in total. The fraction of sp³-hybridized carbons (Fsp3) is 0.364. The van der Waals surface area contributed by atoms with E-state index in [0.717, 1.165) is 11.1 Å². The number of nitrogens with two attached hydrogens (primary N) is 1. The summed E-state index contributed by atoms with van der Waals surface area (Å²) in [5.41, 5.74) is 8.97. The van der Waals surface area contributed by atoms with Crippen molar-refractivity contribution in [2.75, 3.05) is 0 Å². The van der Waals surface area contributed by atoms with E-state index in [-0.39, 0.29) is 0 Å². The third kappa shape index (κ3) is 1.30. The van der Waals surface area contributed by atoms with Crippen LogP contribution in [0.25, 0.3) is 11.0 Å². The van der Waals surface area contributed by atoms with Gasteiger partial charge in [0, 0.05) is 12.6 Å². The van der Waals surface area contributed by atoms with Crippen molar-refractivity contribution in [2.45, 2.75) is 26.4 Å². The minimum Gasteiger partial charge on any atom is -0.328 e. The standard InChI is InChI=1S/C11H15N3/c1-8(2)14-7-13-11-9(6-12)4-3-5-10(11)14/h3-5,7-8H,6,12H2,1-2H3. The van der Waals surface area contributed by atoms with E-state index in [9.17, 15) is 0 Å². The van der Waals surface area contributed by atoms with E-state index < -0.39 is 0 Å². The lowest BCUT2D eigenvalue weighted by Crippen LogP contribution is -1.99. The van der Waals surface area contributed by atoms with Crippen LogP contribution in [0.1, 0.15) is 25.5 Å². The average Bonchev–Trinajstić information content (AvgIpc) is 2.60. The Morgan fingerprint density at radius 1 is 1.43 bits per heavy atom. The second-order valence-electron chi connectivity index (χ2n) is 3.73. The van der Waals surface area contributed by atoms with Crippen LogP contribution < -0.4 is 5.73 Å². The number of fused-ring (bicyclic) bond motifs is 1. The molecule has 0 aliphatic carbocycles. The summed E-state index contributed by atoms with van der Waals surface area (Å²) in [4.78, 5) is 4.39. The van der Waals surface area contributed by atoms with Gasteiger partial charge in [-0.05, 0) is 25.5 Å². The van der Waals surface area contributed by atoms with E-state index >= 15 is 0 Å². The van der Waals surface area contributed by atoms with E-state index in [1.165, 1.54) is 5.52 Å². The van der Waals surface area contributed by atoms with Crippen LogP contribution in [0.2, 0.25) is 0 Å². The second kappa shape index (κ2) is 3.42. The quantitative estimate of drug-likeness (QED) is 0.786. The molecule has 2 rings (SSSR count). The molecule has 0 aliphatic rings. The lowest BCUT2D eigenvalue weighted by molar-refractivity contribution is 0.617. The number of benzene rings is 1. The molecule has 3 heteroatoms. The van der Waals surface area contributed by atoms with Crippen LogP contribution in [0.5, 0.6) is 0 Å². The molecule has 14 heavy (non-hydrogen) atoms. The highest BCUT2D eigenvalue weighted by Crippen LogP contribution is 2.20. The zero-order valence-corrected chi connectivity index (χ0v) is 8.57. The van der Waals surface area contributed by atoms with Crippen LogP contribution in [-0.4, -0.2) is 9.55 Å². The third-order valence-electron chi connectivity index (χ3n) is 2.46. The summed E-state index contributed by atoms with van der Waals surface area (Å²) < 4.78 is 2.16. The fourth-order valence-electron chi connectivity index (χ4n) is 1.69. The van der Waals surface area contributed by atoms with Gasteiger partial charge in [0.2, 0.25) is 0 Å². The predicted molar refractivity (Wildman–Crippen MR) is 58.0 cm³/mol. The first-order valence-electron chi connectivity index (χ1n) is 4.88. The topological polar surface area (TPSA) is 43.8 Å². The number of hydrogen-bond donors (Lipinski definition) is 1. The van der Waals surface area contributed by atoms with Gasteiger partial charge < -0.3 is 10.3 Å². The minimum absolute atomic E-state index is 0.438. The summed E-state index contributed by atoms with van der Waals surface area (Å²) in [6, 6.07) is 6.58. The summed E-state index contributed by atoms with van der Waals surface area (Å²) in [7, 11) is 0. The van der Waals surface area contributed by atoms with Crippen molar-refractivity contribution in [1.82, 2.24) is 9.55 Å². The van der Waals surface area contributed by atoms with Gasteiger partial charge in [0.1, 0.15) is 0 Å². The number of aromatic nitrogens is 2. The van der Waals surface area contributed by atoms with Gasteiger partial charge in [0.15, 0.2) is 0 Å². The Hall–Kier alpha value is -1.35. The van der Waals surface area contributed by atoms with Crippen LogP contribution in [0, 0.1) is 0 Å². The Morgan fingerprint density at radius 2 is 2.21 bits per heavy atom. The Balaban J connectivity index is 2.69. The summed E-state index contributed by atoms with van der Waals surface area (Å²) >= 11 is 0. The monoisotopic (exact) mass is 189 g/mol. The molecule has 0 bridgehead atoms. The van der Waals surface area contributed by atoms with Gasteiger partial charge in [0.05, 0.1) is 17.4 Å². The number of hydrogen-bond acceptors (Lipinski definition) is 2. The van der Waals surface area contributed by atoms with Crippen LogP contribution in [0.4, 0.5) is 0 Å². The largest absolute Gasteiger partial charge is 0.328 e. The molecule has 0 radical (unpaired) electrons. The van der Waals surface area contributed by atoms with Crippen molar-refractivity contribution >= 4 is 11.0 Å². The first-order chi connectivity index (χ1) is 6.74. The second-order valence-corrected chi connectivity index (χ2v) is 3.73.